The number of aromatic nitrogens is 3. The Morgan fingerprint density at radius 1 is 1.40 bits per heavy atom. The van der Waals surface area contributed by atoms with Gasteiger partial charge in [0.15, 0.2) is 0 Å². The zero-order chi connectivity index (χ0) is 14.1. The van der Waals surface area contributed by atoms with Crippen LogP contribution < -0.4 is 21.9 Å². The van der Waals surface area contributed by atoms with E-state index >= 15 is 0 Å². The Hall–Kier alpha value is -2.15. The van der Waals surface area contributed by atoms with Gasteiger partial charge in [0.1, 0.15) is 11.6 Å². The first-order chi connectivity index (χ1) is 9.69. The van der Waals surface area contributed by atoms with Crippen molar-refractivity contribution in [3.05, 3.63) is 22.6 Å². The van der Waals surface area contributed by atoms with Gasteiger partial charge in [-0.05, 0) is 31.4 Å². The van der Waals surface area contributed by atoms with E-state index in [9.17, 15) is 4.79 Å². The van der Waals surface area contributed by atoms with E-state index in [4.69, 9.17) is 11.5 Å². The van der Waals surface area contributed by atoms with Crippen molar-refractivity contribution in [2.45, 2.75) is 12.8 Å². The number of anilines is 2. The van der Waals surface area contributed by atoms with Gasteiger partial charge in [0, 0.05) is 18.5 Å². The summed E-state index contributed by atoms with van der Waals surface area (Å²) in [6.45, 7) is 2.56. The number of hydrogen-bond donors (Lipinski definition) is 3. The van der Waals surface area contributed by atoms with Crippen molar-refractivity contribution < 1.29 is 0 Å². The molecule has 0 radical (unpaired) electrons. The molecule has 5 N–H and O–H groups in total. The van der Waals surface area contributed by atoms with E-state index < -0.39 is 0 Å². The van der Waals surface area contributed by atoms with Crippen LogP contribution in [0.25, 0.3) is 10.8 Å². The summed E-state index contributed by atoms with van der Waals surface area (Å²) in [4.78, 5) is 18.2. The lowest BCUT2D eigenvalue weighted by molar-refractivity contribution is 0.413. The first kappa shape index (κ1) is 12.9. The molecule has 3 heterocycles. The Morgan fingerprint density at radius 3 is 2.85 bits per heavy atom. The standard InChI is InChI=1S/C13H18N6O/c14-6-8-1-3-19(4-2-8)10-5-9-7-16-18-13(20)11(9)12(15)17-10/h5,7-8H,1-4,6,14H2,(H2,15,17)(H,18,20). The number of nitrogens with one attached hydrogen (secondary N) is 1. The number of piperidine rings is 1. The van der Waals surface area contributed by atoms with Crippen LogP contribution in [0.15, 0.2) is 17.1 Å². The fourth-order valence-corrected chi connectivity index (χ4v) is 2.70. The Morgan fingerprint density at radius 2 is 2.15 bits per heavy atom. The summed E-state index contributed by atoms with van der Waals surface area (Å²) in [6, 6.07) is 1.87. The summed E-state index contributed by atoms with van der Waals surface area (Å²) in [7, 11) is 0. The van der Waals surface area contributed by atoms with Gasteiger partial charge in [0.05, 0.1) is 11.6 Å². The largest absolute Gasteiger partial charge is 0.383 e. The summed E-state index contributed by atoms with van der Waals surface area (Å²) in [6.07, 6.45) is 3.72. The van der Waals surface area contributed by atoms with Crippen LogP contribution in [-0.2, 0) is 0 Å². The maximum absolute atomic E-state index is 11.7. The van der Waals surface area contributed by atoms with Crippen LogP contribution in [0.1, 0.15) is 12.8 Å². The third kappa shape index (κ3) is 2.20. The molecule has 2 aromatic heterocycles. The minimum Gasteiger partial charge on any atom is -0.383 e. The van der Waals surface area contributed by atoms with Crippen LogP contribution in [0.5, 0.6) is 0 Å². The summed E-state index contributed by atoms with van der Waals surface area (Å²) >= 11 is 0. The summed E-state index contributed by atoms with van der Waals surface area (Å²) < 4.78 is 0. The van der Waals surface area contributed by atoms with Crippen LogP contribution in [0.3, 0.4) is 0 Å². The molecule has 0 atom stereocenters. The topological polar surface area (TPSA) is 114 Å². The molecule has 0 spiro atoms. The second-order valence-electron chi connectivity index (χ2n) is 5.20. The molecule has 7 nitrogen and oxygen atoms in total. The van der Waals surface area contributed by atoms with Crippen molar-refractivity contribution in [2.75, 3.05) is 30.3 Å². The number of pyridine rings is 1. The predicted octanol–water partition coefficient (Wildman–Crippen LogP) is 0.0754. The average Bonchev–Trinajstić information content (AvgIpc) is 2.47. The highest BCUT2D eigenvalue weighted by molar-refractivity contribution is 5.91. The lowest BCUT2D eigenvalue weighted by Crippen LogP contribution is -2.36. The maximum Gasteiger partial charge on any atom is 0.275 e. The van der Waals surface area contributed by atoms with E-state index in [0.717, 1.165) is 43.7 Å². The molecule has 1 aliphatic heterocycles. The normalized spacial score (nSPS) is 16.8. The number of H-pyrrole nitrogens is 1. The molecule has 7 heteroatoms. The Balaban J connectivity index is 1.96. The van der Waals surface area contributed by atoms with E-state index in [1.165, 1.54) is 0 Å². The van der Waals surface area contributed by atoms with Gasteiger partial charge < -0.3 is 16.4 Å². The third-order valence-electron chi connectivity index (χ3n) is 3.93. The molecular weight excluding hydrogens is 256 g/mol. The Bertz CT molecular complexity index is 674. The van der Waals surface area contributed by atoms with Crippen LogP contribution in [0.4, 0.5) is 11.6 Å². The van der Waals surface area contributed by atoms with Gasteiger partial charge in [-0.15, -0.1) is 0 Å². The molecule has 0 amide bonds. The van der Waals surface area contributed by atoms with Crippen molar-refractivity contribution in [1.29, 1.82) is 0 Å². The van der Waals surface area contributed by atoms with E-state index in [2.05, 4.69) is 20.1 Å². The molecule has 1 saturated heterocycles. The van der Waals surface area contributed by atoms with Crippen molar-refractivity contribution in [2.24, 2.45) is 11.7 Å². The van der Waals surface area contributed by atoms with Gasteiger partial charge in [-0.25, -0.2) is 10.1 Å². The number of aromatic amines is 1. The fraction of sp³-hybridized carbons (Fsp3) is 0.462. The highest BCUT2D eigenvalue weighted by Gasteiger charge is 2.20. The summed E-state index contributed by atoms with van der Waals surface area (Å²) in [5, 5.41) is 7.31. The van der Waals surface area contributed by atoms with Crippen LogP contribution >= 0.6 is 0 Å². The van der Waals surface area contributed by atoms with Crippen LogP contribution in [-0.4, -0.2) is 34.8 Å². The first-order valence-electron chi connectivity index (χ1n) is 6.78. The van der Waals surface area contributed by atoms with E-state index in [-0.39, 0.29) is 11.4 Å². The second kappa shape index (κ2) is 5.09. The zero-order valence-corrected chi connectivity index (χ0v) is 11.2. The molecule has 0 aliphatic carbocycles. The molecule has 2 aromatic rings. The average molecular weight is 274 g/mol. The Labute approximate surface area is 116 Å². The molecule has 0 unspecified atom stereocenters. The zero-order valence-electron chi connectivity index (χ0n) is 11.2. The number of nitrogens with zero attached hydrogens (tertiary/aromatic N) is 3. The molecular formula is C13H18N6O. The monoisotopic (exact) mass is 274 g/mol. The molecule has 20 heavy (non-hydrogen) atoms. The molecule has 1 aliphatic rings. The van der Waals surface area contributed by atoms with Gasteiger partial charge in [-0.3, -0.25) is 4.79 Å². The number of fused-ring (bicyclic) bond motifs is 1. The third-order valence-corrected chi connectivity index (χ3v) is 3.93. The van der Waals surface area contributed by atoms with Crippen molar-refractivity contribution in [3.8, 4) is 0 Å². The van der Waals surface area contributed by atoms with Crippen LogP contribution in [0, 0.1) is 5.92 Å². The molecule has 1 fully saturated rings. The second-order valence-corrected chi connectivity index (χ2v) is 5.20. The predicted molar refractivity (Wildman–Crippen MR) is 78.6 cm³/mol. The van der Waals surface area contributed by atoms with Crippen molar-refractivity contribution >= 4 is 22.4 Å². The number of hydrogen-bond acceptors (Lipinski definition) is 6. The maximum atomic E-state index is 11.7. The molecule has 0 aromatic carbocycles. The van der Waals surface area contributed by atoms with E-state index in [1.54, 1.807) is 6.20 Å². The molecule has 106 valence electrons. The molecule has 0 bridgehead atoms. The lowest BCUT2D eigenvalue weighted by Gasteiger charge is -2.32. The van der Waals surface area contributed by atoms with Gasteiger partial charge in [-0.1, -0.05) is 0 Å². The van der Waals surface area contributed by atoms with Gasteiger partial charge >= 0.3 is 0 Å². The van der Waals surface area contributed by atoms with Gasteiger partial charge in [-0.2, -0.15) is 5.10 Å². The van der Waals surface area contributed by atoms with Gasteiger partial charge in [0.2, 0.25) is 0 Å². The number of nitrogen functional groups attached to an aromatic ring is 1. The van der Waals surface area contributed by atoms with E-state index in [1.807, 2.05) is 6.07 Å². The van der Waals surface area contributed by atoms with E-state index in [0.29, 0.717) is 11.3 Å². The number of rotatable bonds is 2. The number of nitrogens with two attached hydrogens (primary N) is 2. The highest BCUT2D eigenvalue weighted by atomic mass is 16.1. The smallest absolute Gasteiger partial charge is 0.275 e. The highest BCUT2D eigenvalue weighted by Crippen LogP contribution is 2.25. The lowest BCUT2D eigenvalue weighted by atomic mass is 9.97. The first-order valence-corrected chi connectivity index (χ1v) is 6.78. The minimum absolute atomic E-state index is 0.252. The fourth-order valence-electron chi connectivity index (χ4n) is 2.70. The SMILES string of the molecule is NCC1CCN(c2cc3cn[nH]c(=O)c3c(N)n2)CC1. The molecule has 3 rings (SSSR count). The van der Waals surface area contributed by atoms with Crippen molar-refractivity contribution in [1.82, 2.24) is 15.2 Å². The summed E-state index contributed by atoms with van der Waals surface area (Å²) in [5.41, 5.74) is 11.3. The van der Waals surface area contributed by atoms with Gasteiger partial charge in [0.25, 0.3) is 5.56 Å². The molecule has 0 saturated carbocycles. The van der Waals surface area contributed by atoms with Crippen molar-refractivity contribution in [3.63, 3.8) is 0 Å². The van der Waals surface area contributed by atoms with Crippen LogP contribution in [0.2, 0.25) is 0 Å². The Kier molecular flexibility index (Phi) is 3.27. The summed E-state index contributed by atoms with van der Waals surface area (Å²) in [5.74, 6) is 1.65. The quantitative estimate of drug-likeness (QED) is 0.714. The minimum atomic E-state index is -0.305.